The molecule has 1 aliphatic rings. The van der Waals surface area contributed by atoms with Crippen LogP contribution in [0, 0.1) is 0 Å². The van der Waals surface area contributed by atoms with Crippen LogP contribution in [-0.4, -0.2) is 90.6 Å². The highest BCUT2D eigenvalue weighted by Gasteiger charge is 2.27. The van der Waals surface area contributed by atoms with Crippen LogP contribution in [0.5, 0.6) is 0 Å². The van der Waals surface area contributed by atoms with Gasteiger partial charge in [0.25, 0.3) is 11.8 Å². The Morgan fingerprint density at radius 3 is 1.93 bits per heavy atom. The number of amides is 4. The molecule has 164 valence electrons. The summed E-state index contributed by atoms with van der Waals surface area (Å²) >= 11 is 0. The number of ether oxygens (including phenoxy) is 3. The second kappa shape index (κ2) is 12.1. The number of hydrazine groups is 1. The summed E-state index contributed by atoms with van der Waals surface area (Å²) < 4.78 is 15.9. The largest absolute Gasteiger partial charge is 0.464 e. The molecule has 0 aromatic rings. The van der Waals surface area contributed by atoms with E-state index in [9.17, 15) is 19.2 Å². The molecule has 0 unspecified atom stereocenters. The molecule has 2 N–H and O–H groups in total. The van der Waals surface area contributed by atoms with Gasteiger partial charge in [-0.3, -0.25) is 24.7 Å². The van der Waals surface area contributed by atoms with E-state index in [4.69, 9.17) is 19.3 Å². The minimum Gasteiger partial charge on any atom is -0.464 e. The van der Waals surface area contributed by atoms with Crippen molar-refractivity contribution in [3.8, 4) is 0 Å². The molecular formula is C18H29N3O8. The Labute approximate surface area is 169 Å². The third-order valence-corrected chi connectivity index (χ3v) is 3.68. The van der Waals surface area contributed by atoms with Gasteiger partial charge in [-0.05, 0) is 20.8 Å². The zero-order valence-corrected chi connectivity index (χ0v) is 17.0. The molecule has 0 saturated heterocycles. The maximum Gasteiger partial charge on any atom is 0.426 e. The average Bonchev–Trinajstić information content (AvgIpc) is 2.94. The average molecular weight is 415 g/mol. The Balaban J connectivity index is 1.96. The molecule has 11 heteroatoms. The smallest absolute Gasteiger partial charge is 0.426 e. The number of carbonyl (C=O) groups is 4. The van der Waals surface area contributed by atoms with E-state index in [1.807, 2.05) is 0 Å². The van der Waals surface area contributed by atoms with E-state index in [0.717, 1.165) is 9.91 Å². The fourth-order valence-electron chi connectivity index (χ4n) is 2.20. The first-order valence-corrected chi connectivity index (χ1v) is 9.22. The predicted molar refractivity (Wildman–Crippen MR) is 101 cm³/mol. The third-order valence-electron chi connectivity index (χ3n) is 3.68. The van der Waals surface area contributed by atoms with E-state index < -0.39 is 17.5 Å². The van der Waals surface area contributed by atoms with Gasteiger partial charge in [-0.25, -0.2) is 9.80 Å². The van der Waals surface area contributed by atoms with Crippen molar-refractivity contribution in [3.05, 3.63) is 12.2 Å². The van der Waals surface area contributed by atoms with Crippen molar-refractivity contribution < 1.29 is 38.5 Å². The molecule has 0 aliphatic carbocycles. The van der Waals surface area contributed by atoms with Gasteiger partial charge >= 0.3 is 6.09 Å². The van der Waals surface area contributed by atoms with E-state index in [2.05, 4.69) is 5.43 Å². The first-order valence-electron chi connectivity index (χ1n) is 9.22. The molecule has 0 atom stereocenters. The Morgan fingerprint density at radius 1 is 0.966 bits per heavy atom. The number of hydrogen-bond acceptors (Lipinski definition) is 7. The molecule has 0 saturated carbocycles. The van der Waals surface area contributed by atoms with Gasteiger partial charge in [-0.1, -0.05) is 0 Å². The Bertz CT molecular complexity index is 597. The van der Waals surface area contributed by atoms with Gasteiger partial charge < -0.3 is 19.3 Å². The summed E-state index contributed by atoms with van der Waals surface area (Å²) in [7, 11) is 0. The van der Waals surface area contributed by atoms with Crippen LogP contribution in [0.2, 0.25) is 0 Å². The first kappa shape index (κ1) is 24.5. The molecule has 0 aromatic heterocycles. The lowest BCUT2D eigenvalue weighted by Crippen LogP contribution is -2.55. The van der Waals surface area contributed by atoms with Crippen LogP contribution in [0.4, 0.5) is 4.79 Å². The summed E-state index contributed by atoms with van der Waals surface area (Å²) in [5.41, 5.74) is 1.58. The summed E-state index contributed by atoms with van der Waals surface area (Å²) in [6.45, 7) is 6.78. The number of imide groups is 1. The van der Waals surface area contributed by atoms with E-state index in [1.165, 1.54) is 12.2 Å². The molecule has 1 heterocycles. The van der Waals surface area contributed by atoms with E-state index in [1.54, 1.807) is 20.8 Å². The van der Waals surface area contributed by atoms with Crippen molar-refractivity contribution >= 4 is 23.8 Å². The fraction of sp³-hybridized carbons (Fsp3) is 0.667. The van der Waals surface area contributed by atoms with Gasteiger partial charge in [0, 0.05) is 12.2 Å². The van der Waals surface area contributed by atoms with Gasteiger partial charge in [0.2, 0.25) is 5.91 Å². The van der Waals surface area contributed by atoms with E-state index in [-0.39, 0.29) is 44.6 Å². The lowest BCUT2D eigenvalue weighted by molar-refractivity contribution is -0.137. The predicted octanol–water partition coefficient (Wildman–Crippen LogP) is 0.161. The van der Waals surface area contributed by atoms with Crippen LogP contribution < -0.4 is 5.43 Å². The summed E-state index contributed by atoms with van der Waals surface area (Å²) in [5, 5.41) is 9.95. The van der Waals surface area contributed by atoms with Gasteiger partial charge in [-0.15, -0.1) is 0 Å². The molecular weight excluding hydrogens is 386 g/mol. The summed E-state index contributed by atoms with van der Waals surface area (Å²) in [5.74, 6) is -1.13. The maximum atomic E-state index is 11.8. The van der Waals surface area contributed by atoms with Crippen LogP contribution >= 0.6 is 0 Å². The molecule has 11 nitrogen and oxygen atoms in total. The van der Waals surface area contributed by atoms with Crippen molar-refractivity contribution in [3.63, 3.8) is 0 Å². The summed E-state index contributed by atoms with van der Waals surface area (Å²) in [4.78, 5) is 46.7. The second-order valence-corrected chi connectivity index (χ2v) is 7.07. The molecule has 0 spiro atoms. The number of carboxylic acid groups (broad SMARTS) is 1. The number of hydrogen-bond donors (Lipinski definition) is 2. The normalized spacial score (nSPS) is 13.8. The third kappa shape index (κ3) is 9.50. The number of carbonyl (C=O) groups excluding carboxylic acids is 3. The minimum atomic E-state index is -1.24. The number of nitrogens with one attached hydrogen (secondary N) is 1. The summed E-state index contributed by atoms with van der Waals surface area (Å²) in [6, 6.07) is 0. The van der Waals surface area contributed by atoms with Gasteiger partial charge in [0.15, 0.2) is 0 Å². The molecule has 0 aromatic carbocycles. The summed E-state index contributed by atoms with van der Waals surface area (Å²) in [6.07, 6.45) is 1.23. The van der Waals surface area contributed by atoms with Crippen LogP contribution in [0.25, 0.3) is 0 Å². The van der Waals surface area contributed by atoms with Gasteiger partial charge in [-0.2, -0.15) is 0 Å². The maximum absolute atomic E-state index is 11.8. The van der Waals surface area contributed by atoms with Crippen molar-refractivity contribution in [2.45, 2.75) is 32.7 Å². The van der Waals surface area contributed by atoms with Crippen molar-refractivity contribution in [1.29, 1.82) is 0 Å². The zero-order chi connectivity index (χ0) is 21.9. The highest BCUT2D eigenvalue weighted by molar-refractivity contribution is 6.12. The minimum absolute atomic E-state index is 0.0196. The van der Waals surface area contributed by atoms with E-state index in [0.29, 0.717) is 19.8 Å². The topological polar surface area (TPSA) is 135 Å². The Hall–Kier alpha value is -2.50. The molecule has 0 radical (unpaired) electrons. The van der Waals surface area contributed by atoms with E-state index >= 15 is 0 Å². The molecule has 4 amide bonds. The molecule has 1 rings (SSSR count). The van der Waals surface area contributed by atoms with Crippen LogP contribution in [0.1, 0.15) is 27.2 Å². The fourth-order valence-corrected chi connectivity index (χ4v) is 2.20. The highest BCUT2D eigenvalue weighted by Crippen LogP contribution is 2.10. The molecule has 29 heavy (non-hydrogen) atoms. The Morgan fingerprint density at radius 2 is 1.45 bits per heavy atom. The van der Waals surface area contributed by atoms with Crippen LogP contribution in [-0.2, 0) is 28.6 Å². The highest BCUT2D eigenvalue weighted by atomic mass is 16.5. The molecule has 0 fully saturated rings. The zero-order valence-electron chi connectivity index (χ0n) is 17.0. The quantitative estimate of drug-likeness (QED) is 0.261. The first-order chi connectivity index (χ1) is 13.6. The number of rotatable bonds is 12. The van der Waals surface area contributed by atoms with Crippen molar-refractivity contribution in [1.82, 2.24) is 15.3 Å². The molecule has 1 aliphatic heterocycles. The van der Waals surface area contributed by atoms with Crippen LogP contribution in [0.15, 0.2) is 12.2 Å². The standard InChI is InChI=1S/C18H29N3O8/c1-18(2,3)21(17(25)26)19-14(22)6-8-27-10-12-29-13-11-28-9-7-20-15(23)4-5-16(20)24/h4-5H,6-13H2,1-3H3,(H,19,22)(H,25,26). The Kier molecular flexibility index (Phi) is 10.3. The van der Waals surface area contributed by atoms with Gasteiger partial charge in [0.1, 0.15) is 0 Å². The molecule has 0 bridgehead atoms. The monoisotopic (exact) mass is 415 g/mol. The lowest BCUT2D eigenvalue weighted by Gasteiger charge is -2.32. The number of nitrogens with zero attached hydrogens (tertiary/aromatic N) is 2. The lowest BCUT2D eigenvalue weighted by atomic mass is 10.1. The SMILES string of the molecule is CC(C)(C)N(NC(=O)CCOCCOCCOCCN1C(=O)C=CC1=O)C(=O)O. The second-order valence-electron chi connectivity index (χ2n) is 7.07. The van der Waals surface area contributed by atoms with Crippen LogP contribution in [0.3, 0.4) is 0 Å². The van der Waals surface area contributed by atoms with Crippen molar-refractivity contribution in [2.24, 2.45) is 0 Å². The van der Waals surface area contributed by atoms with Gasteiger partial charge in [0.05, 0.1) is 58.1 Å². The van der Waals surface area contributed by atoms with Crippen molar-refractivity contribution in [2.75, 3.05) is 46.2 Å².